The molecule has 0 amide bonds. The van der Waals surface area contributed by atoms with Crippen LogP contribution >= 0.6 is 11.6 Å². The van der Waals surface area contributed by atoms with Crippen LogP contribution < -0.4 is 4.89 Å². The lowest BCUT2D eigenvalue weighted by atomic mass is 10.3. The summed E-state index contributed by atoms with van der Waals surface area (Å²) in [6.45, 7) is 0. The molecule has 1 fully saturated rings. The Labute approximate surface area is 121 Å². The number of nitro benzene ring substituents is 1. The van der Waals surface area contributed by atoms with Crippen LogP contribution in [0.1, 0.15) is 25.7 Å². The number of halogens is 1. The van der Waals surface area contributed by atoms with Crippen LogP contribution in [0.15, 0.2) is 23.1 Å². The van der Waals surface area contributed by atoms with Crippen molar-refractivity contribution in [1.29, 1.82) is 0 Å². The maximum absolute atomic E-state index is 12.0. The van der Waals surface area contributed by atoms with Gasteiger partial charge in [0.15, 0.2) is 0 Å². The minimum Gasteiger partial charge on any atom is -0.284 e. The Morgan fingerprint density at radius 3 is 2.55 bits per heavy atom. The normalized spacial score (nSPS) is 16.4. The maximum atomic E-state index is 12.0. The molecule has 1 N–H and O–H groups in total. The third kappa shape index (κ3) is 3.45. The van der Waals surface area contributed by atoms with E-state index in [1.54, 1.807) is 0 Å². The van der Waals surface area contributed by atoms with Gasteiger partial charge in [0.2, 0.25) is 0 Å². The highest BCUT2D eigenvalue weighted by Crippen LogP contribution is 2.26. The lowest BCUT2D eigenvalue weighted by Crippen LogP contribution is -2.28. The molecule has 1 aliphatic carbocycles. The molecule has 0 heterocycles. The van der Waals surface area contributed by atoms with E-state index in [0.29, 0.717) is 0 Å². The van der Waals surface area contributed by atoms with E-state index >= 15 is 0 Å². The van der Waals surface area contributed by atoms with E-state index in [1.807, 2.05) is 4.89 Å². The van der Waals surface area contributed by atoms with Crippen molar-refractivity contribution in [2.75, 3.05) is 0 Å². The Morgan fingerprint density at radius 2 is 2.00 bits per heavy atom. The molecule has 0 bridgehead atoms. The number of nitrogens with zero attached hydrogens (tertiary/aromatic N) is 1. The predicted octanol–water partition coefficient (Wildman–Crippen LogP) is 2.40. The van der Waals surface area contributed by atoms with Gasteiger partial charge < -0.3 is 0 Å². The fraction of sp³-hybridized carbons (Fsp3) is 0.455. The van der Waals surface area contributed by atoms with Gasteiger partial charge in [-0.2, -0.15) is 0 Å². The smallest absolute Gasteiger partial charge is 0.271 e. The molecule has 0 saturated heterocycles. The number of benzene rings is 1. The van der Waals surface area contributed by atoms with E-state index in [2.05, 4.69) is 0 Å². The molecule has 0 aromatic heterocycles. The lowest BCUT2D eigenvalue weighted by Gasteiger charge is -2.12. The van der Waals surface area contributed by atoms with Gasteiger partial charge in [-0.15, -0.1) is 0 Å². The van der Waals surface area contributed by atoms with Crippen molar-refractivity contribution in [3.63, 3.8) is 0 Å². The summed E-state index contributed by atoms with van der Waals surface area (Å²) in [5.74, 6) is 0. The highest BCUT2D eigenvalue weighted by Gasteiger charge is 2.23. The van der Waals surface area contributed by atoms with E-state index in [9.17, 15) is 18.5 Å². The zero-order valence-corrected chi connectivity index (χ0v) is 12.0. The van der Waals surface area contributed by atoms with Crippen LogP contribution in [0.3, 0.4) is 0 Å². The molecule has 1 aromatic rings. The molecule has 20 heavy (non-hydrogen) atoms. The summed E-state index contributed by atoms with van der Waals surface area (Å²) in [7, 11) is -3.95. The highest BCUT2D eigenvalue weighted by molar-refractivity contribution is 7.89. The van der Waals surface area contributed by atoms with Crippen molar-refractivity contribution in [2.45, 2.75) is 36.7 Å². The van der Waals surface area contributed by atoms with Gasteiger partial charge in [-0.3, -0.25) is 15.0 Å². The topological polar surface area (TPSA) is 98.5 Å². The van der Waals surface area contributed by atoms with Crippen molar-refractivity contribution >= 4 is 27.3 Å². The Balaban J connectivity index is 2.14. The molecule has 1 aliphatic rings. The van der Waals surface area contributed by atoms with Crippen molar-refractivity contribution in [1.82, 2.24) is 4.89 Å². The molecular weight excluding hydrogens is 308 g/mol. The van der Waals surface area contributed by atoms with Crippen molar-refractivity contribution in [3.8, 4) is 0 Å². The minimum atomic E-state index is -3.95. The van der Waals surface area contributed by atoms with Gasteiger partial charge in [0, 0.05) is 12.1 Å². The van der Waals surface area contributed by atoms with Crippen molar-refractivity contribution in [2.24, 2.45) is 0 Å². The van der Waals surface area contributed by atoms with Gasteiger partial charge in [-0.05, 0) is 18.9 Å². The molecule has 0 unspecified atom stereocenters. The first kappa shape index (κ1) is 15.2. The number of rotatable bonds is 5. The van der Waals surface area contributed by atoms with Gasteiger partial charge >= 0.3 is 0 Å². The summed E-state index contributed by atoms with van der Waals surface area (Å²) in [6, 6.07) is 3.16. The quantitative estimate of drug-likeness (QED) is 0.663. The molecule has 1 aromatic carbocycles. The van der Waals surface area contributed by atoms with E-state index in [4.69, 9.17) is 16.4 Å². The molecular formula is C11H13ClN2O5S. The Morgan fingerprint density at radius 1 is 1.35 bits per heavy atom. The largest absolute Gasteiger partial charge is 0.284 e. The summed E-state index contributed by atoms with van der Waals surface area (Å²) < 4.78 is 24.0. The van der Waals surface area contributed by atoms with Crippen LogP contribution in [0, 0.1) is 10.1 Å². The van der Waals surface area contributed by atoms with Crippen LogP contribution in [0.25, 0.3) is 0 Å². The monoisotopic (exact) mass is 320 g/mol. The average Bonchev–Trinajstić information content (AvgIpc) is 2.89. The van der Waals surface area contributed by atoms with Crippen LogP contribution in [-0.4, -0.2) is 19.4 Å². The SMILES string of the molecule is O=[N+]([O-])c1ccc(S(=O)(=O)NOC2CCCC2)c(Cl)c1. The number of nitro groups is 1. The van der Waals surface area contributed by atoms with Crippen molar-refractivity contribution < 1.29 is 18.2 Å². The van der Waals surface area contributed by atoms with Gasteiger partial charge in [0.1, 0.15) is 4.90 Å². The molecule has 0 aliphatic heterocycles. The first-order valence-electron chi connectivity index (χ1n) is 6.01. The van der Waals surface area contributed by atoms with E-state index < -0.39 is 14.9 Å². The molecule has 7 nitrogen and oxygen atoms in total. The van der Waals surface area contributed by atoms with Crippen molar-refractivity contribution in [3.05, 3.63) is 33.3 Å². The molecule has 2 rings (SSSR count). The predicted molar refractivity (Wildman–Crippen MR) is 71.8 cm³/mol. The van der Waals surface area contributed by atoms with Crippen LogP contribution in [0.2, 0.25) is 5.02 Å². The highest BCUT2D eigenvalue weighted by atomic mass is 35.5. The Hall–Kier alpha value is -1.22. The third-order valence-electron chi connectivity index (χ3n) is 3.04. The molecule has 110 valence electrons. The first-order valence-corrected chi connectivity index (χ1v) is 7.87. The molecule has 0 atom stereocenters. The number of non-ortho nitro benzene ring substituents is 1. The molecule has 0 spiro atoms. The maximum Gasteiger partial charge on any atom is 0.271 e. The van der Waals surface area contributed by atoms with Gasteiger partial charge in [-0.25, -0.2) is 8.42 Å². The first-order chi connectivity index (χ1) is 9.40. The number of hydrogen-bond acceptors (Lipinski definition) is 5. The number of sulfonamides is 1. The fourth-order valence-corrected chi connectivity index (χ4v) is 3.40. The number of nitrogens with one attached hydrogen (secondary N) is 1. The standard InChI is InChI=1S/C11H13ClN2O5S/c12-10-7-8(14(15)16)5-6-11(10)20(17,18)13-19-9-3-1-2-4-9/h5-7,9,13H,1-4H2. The zero-order chi connectivity index (χ0) is 14.8. The molecule has 9 heteroatoms. The summed E-state index contributed by atoms with van der Waals surface area (Å²) in [5.41, 5.74) is -0.273. The number of hydrogen-bond donors (Lipinski definition) is 1. The van der Waals surface area contributed by atoms with E-state index in [1.165, 1.54) is 0 Å². The summed E-state index contributed by atoms with van der Waals surface area (Å²) in [4.78, 5) is 16.8. The van der Waals surface area contributed by atoms with E-state index in [0.717, 1.165) is 43.9 Å². The Bertz CT molecular complexity index is 613. The fourth-order valence-electron chi connectivity index (χ4n) is 2.00. The second kappa shape index (κ2) is 6.04. The zero-order valence-electron chi connectivity index (χ0n) is 10.4. The summed E-state index contributed by atoms with van der Waals surface area (Å²) >= 11 is 5.77. The van der Waals surface area contributed by atoms with Gasteiger partial charge in [-0.1, -0.05) is 29.3 Å². The van der Waals surface area contributed by atoms with E-state index in [-0.39, 0.29) is 21.7 Å². The Kier molecular flexibility index (Phi) is 4.59. The average molecular weight is 321 g/mol. The summed E-state index contributed by atoms with van der Waals surface area (Å²) in [6.07, 6.45) is 3.48. The van der Waals surface area contributed by atoms with Crippen LogP contribution in [0.5, 0.6) is 0 Å². The van der Waals surface area contributed by atoms with Crippen LogP contribution in [0.4, 0.5) is 5.69 Å². The summed E-state index contributed by atoms with van der Waals surface area (Å²) in [5, 5.41) is 10.4. The molecule has 0 radical (unpaired) electrons. The second-order valence-electron chi connectivity index (χ2n) is 4.48. The van der Waals surface area contributed by atoms with Gasteiger partial charge in [0.05, 0.1) is 16.0 Å². The van der Waals surface area contributed by atoms with Gasteiger partial charge in [0.25, 0.3) is 15.7 Å². The van der Waals surface area contributed by atoms with Crippen LogP contribution in [-0.2, 0) is 14.9 Å². The minimum absolute atomic E-state index is 0.137. The lowest BCUT2D eigenvalue weighted by molar-refractivity contribution is -0.384. The third-order valence-corrected chi connectivity index (χ3v) is 4.72. The molecule has 1 saturated carbocycles. The second-order valence-corrected chi connectivity index (χ2v) is 6.50.